The van der Waals surface area contributed by atoms with Gasteiger partial charge in [0.05, 0.1) is 18.6 Å². The molecule has 0 aromatic heterocycles. The van der Waals surface area contributed by atoms with Gasteiger partial charge in [-0.25, -0.2) is 4.79 Å². The van der Waals surface area contributed by atoms with E-state index in [0.717, 1.165) is 6.42 Å². The van der Waals surface area contributed by atoms with Gasteiger partial charge < -0.3 is 20.1 Å². The molecule has 1 atom stereocenters. The van der Waals surface area contributed by atoms with Gasteiger partial charge in [0.15, 0.2) is 0 Å². The van der Waals surface area contributed by atoms with Crippen LogP contribution in [-0.2, 0) is 9.53 Å². The van der Waals surface area contributed by atoms with Gasteiger partial charge in [0, 0.05) is 18.7 Å². The fraction of sp³-hybridized carbons (Fsp3) is 0.846. The molecule has 2 amide bonds. The molecule has 0 aromatic carbocycles. The number of urea groups is 1. The second-order valence-electron chi connectivity index (χ2n) is 6.26. The van der Waals surface area contributed by atoms with Crippen molar-refractivity contribution in [2.24, 2.45) is 0 Å². The van der Waals surface area contributed by atoms with Gasteiger partial charge in [-0.2, -0.15) is 0 Å². The maximum Gasteiger partial charge on any atom is 0.318 e. The average molecular weight is 272 g/mol. The van der Waals surface area contributed by atoms with Crippen molar-refractivity contribution in [1.29, 1.82) is 0 Å². The number of carbonyl (C=O) groups is 2. The summed E-state index contributed by atoms with van der Waals surface area (Å²) in [6.07, 6.45) is 0.716. The zero-order chi connectivity index (χ0) is 14.7. The van der Waals surface area contributed by atoms with E-state index in [1.54, 1.807) is 4.90 Å². The molecule has 1 aliphatic heterocycles. The van der Waals surface area contributed by atoms with Gasteiger partial charge in [0.25, 0.3) is 0 Å². The number of carbonyl (C=O) groups excluding carboxylic acids is 1. The molecule has 0 saturated carbocycles. The first-order valence-corrected chi connectivity index (χ1v) is 6.53. The summed E-state index contributed by atoms with van der Waals surface area (Å²) in [5.41, 5.74) is -0.779. The lowest BCUT2D eigenvalue weighted by molar-refractivity contribution is -0.137. The fourth-order valence-corrected chi connectivity index (χ4v) is 2.04. The van der Waals surface area contributed by atoms with E-state index in [2.05, 4.69) is 5.32 Å². The van der Waals surface area contributed by atoms with Crippen LogP contribution >= 0.6 is 0 Å². The topological polar surface area (TPSA) is 78.9 Å². The molecule has 6 heteroatoms. The maximum atomic E-state index is 12.3. The Kier molecular flexibility index (Phi) is 4.79. The van der Waals surface area contributed by atoms with Gasteiger partial charge in [0.1, 0.15) is 0 Å². The number of rotatable bonds is 4. The Bertz CT molecular complexity index is 343. The van der Waals surface area contributed by atoms with Gasteiger partial charge in [-0.15, -0.1) is 0 Å². The molecule has 0 spiro atoms. The second kappa shape index (κ2) is 5.77. The van der Waals surface area contributed by atoms with E-state index in [9.17, 15) is 9.59 Å². The molecule has 0 bridgehead atoms. The maximum absolute atomic E-state index is 12.3. The van der Waals surface area contributed by atoms with E-state index < -0.39 is 11.5 Å². The number of carboxylic acids is 1. The van der Waals surface area contributed by atoms with Crippen molar-refractivity contribution in [2.75, 3.05) is 19.8 Å². The van der Waals surface area contributed by atoms with E-state index in [4.69, 9.17) is 9.84 Å². The number of hydrogen-bond acceptors (Lipinski definition) is 3. The summed E-state index contributed by atoms with van der Waals surface area (Å²) < 4.78 is 5.30. The molecule has 1 rings (SSSR count). The van der Waals surface area contributed by atoms with Gasteiger partial charge in [-0.3, -0.25) is 4.79 Å². The van der Waals surface area contributed by atoms with Crippen LogP contribution in [0.25, 0.3) is 0 Å². The molecule has 1 fully saturated rings. The molecule has 1 aliphatic rings. The van der Waals surface area contributed by atoms with Crippen molar-refractivity contribution in [3.8, 4) is 0 Å². The molecule has 1 saturated heterocycles. The standard InChI is InChI=1S/C13H24N2O4/c1-12(2,3)15(7-5-10(16)17)11(18)14-13(4)6-8-19-9-13/h5-9H2,1-4H3,(H,14,18)(H,16,17). The molecule has 0 aromatic rings. The van der Waals surface area contributed by atoms with Gasteiger partial charge in [-0.1, -0.05) is 0 Å². The van der Waals surface area contributed by atoms with Crippen LogP contribution in [0.15, 0.2) is 0 Å². The molecule has 1 heterocycles. The molecule has 110 valence electrons. The number of hydrogen-bond donors (Lipinski definition) is 2. The summed E-state index contributed by atoms with van der Waals surface area (Å²) in [5, 5.41) is 11.7. The molecule has 2 N–H and O–H groups in total. The smallest absolute Gasteiger partial charge is 0.318 e. The summed E-state index contributed by atoms with van der Waals surface area (Å²) in [4.78, 5) is 24.6. The third-order valence-corrected chi connectivity index (χ3v) is 3.23. The van der Waals surface area contributed by atoms with E-state index in [1.807, 2.05) is 27.7 Å². The first-order chi connectivity index (χ1) is 8.64. The lowest BCUT2D eigenvalue weighted by Crippen LogP contribution is -2.57. The molecule has 0 radical (unpaired) electrons. The third-order valence-electron chi connectivity index (χ3n) is 3.23. The molecule has 1 unspecified atom stereocenters. The number of nitrogens with one attached hydrogen (secondary N) is 1. The van der Waals surface area contributed by atoms with Crippen molar-refractivity contribution in [3.63, 3.8) is 0 Å². The highest BCUT2D eigenvalue weighted by atomic mass is 16.5. The lowest BCUT2D eigenvalue weighted by Gasteiger charge is -2.38. The highest BCUT2D eigenvalue weighted by Crippen LogP contribution is 2.20. The summed E-state index contributed by atoms with van der Waals surface area (Å²) in [6, 6.07) is -0.234. The zero-order valence-corrected chi connectivity index (χ0v) is 12.2. The van der Waals surface area contributed by atoms with E-state index in [1.165, 1.54) is 0 Å². The summed E-state index contributed by atoms with van der Waals surface area (Å²) in [6.45, 7) is 8.94. The van der Waals surface area contributed by atoms with Crippen LogP contribution in [0.1, 0.15) is 40.5 Å². The minimum absolute atomic E-state index is 0.0576. The third kappa shape index (κ3) is 4.70. The van der Waals surface area contributed by atoms with Crippen LogP contribution in [0.3, 0.4) is 0 Å². The lowest BCUT2D eigenvalue weighted by atomic mass is 10.0. The van der Waals surface area contributed by atoms with E-state index in [-0.39, 0.29) is 24.5 Å². The second-order valence-corrected chi connectivity index (χ2v) is 6.26. The van der Waals surface area contributed by atoms with Crippen LogP contribution in [0, 0.1) is 0 Å². The number of nitrogens with zero attached hydrogens (tertiary/aromatic N) is 1. The predicted molar refractivity (Wildman–Crippen MR) is 71.1 cm³/mol. The van der Waals surface area contributed by atoms with Crippen LogP contribution < -0.4 is 5.32 Å². The van der Waals surface area contributed by atoms with E-state index >= 15 is 0 Å². The Morgan fingerprint density at radius 1 is 1.42 bits per heavy atom. The number of ether oxygens (including phenoxy) is 1. The minimum atomic E-state index is -0.905. The largest absolute Gasteiger partial charge is 0.481 e. The average Bonchev–Trinajstić information content (AvgIpc) is 2.62. The first-order valence-electron chi connectivity index (χ1n) is 6.53. The van der Waals surface area contributed by atoms with Crippen molar-refractivity contribution in [3.05, 3.63) is 0 Å². The summed E-state index contributed by atoms with van der Waals surface area (Å²) in [5.74, 6) is -0.905. The highest BCUT2D eigenvalue weighted by Gasteiger charge is 2.35. The summed E-state index contributed by atoms with van der Waals surface area (Å²) >= 11 is 0. The predicted octanol–water partition coefficient (Wildman–Crippen LogP) is 1.45. The Balaban J connectivity index is 2.68. The minimum Gasteiger partial charge on any atom is -0.481 e. The SMILES string of the molecule is CC1(NC(=O)N(CCC(=O)O)C(C)(C)C)CCOC1. The monoisotopic (exact) mass is 272 g/mol. The van der Waals surface area contributed by atoms with Gasteiger partial charge in [0.2, 0.25) is 0 Å². The van der Waals surface area contributed by atoms with E-state index in [0.29, 0.717) is 13.2 Å². The molecule has 19 heavy (non-hydrogen) atoms. The zero-order valence-electron chi connectivity index (χ0n) is 12.2. The van der Waals surface area contributed by atoms with Crippen LogP contribution in [0.2, 0.25) is 0 Å². The van der Waals surface area contributed by atoms with Crippen LogP contribution in [0.5, 0.6) is 0 Å². The number of carboxylic acid groups (broad SMARTS) is 1. The van der Waals surface area contributed by atoms with Crippen LogP contribution in [-0.4, -0.2) is 52.8 Å². The van der Waals surface area contributed by atoms with Crippen LogP contribution in [0.4, 0.5) is 4.79 Å². The molecular weight excluding hydrogens is 248 g/mol. The van der Waals surface area contributed by atoms with Crippen molar-refractivity contribution >= 4 is 12.0 Å². The highest BCUT2D eigenvalue weighted by molar-refractivity contribution is 5.77. The number of amides is 2. The Morgan fingerprint density at radius 2 is 2.05 bits per heavy atom. The van der Waals surface area contributed by atoms with Crippen molar-refractivity contribution in [1.82, 2.24) is 10.2 Å². The normalized spacial score (nSPS) is 23.2. The van der Waals surface area contributed by atoms with Gasteiger partial charge >= 0.3 is 12.0 Å². The van der Waals surface area contributed by atoms with Gasteiger partial charge in [-0.05, 0) is 34.1 Å². The quantitative estimate of drug-likeness (QED) is 0.812. The molecule has 0 aliphatic carbocycles. The Labute approximate surface area is 114 Å². The Hall–Kier alpha value is -1.30. The van der Waals surface area contributed by atoms with Crippen molar-refractivity contribution < 1.29 is 19.4 Å². The summed E-state index contributed by atoms with van der Waals surface area (Å²) in [7, 11) is 0. The van der Waals surface area contributed by atoms with Crippen molar-refractivity contribution in [2.45, 2.75) is 51.6 Å². The molecule has 6 nitrogen and oxygen atoms in total. The molecular formula is C13H24N2O4. The fourth-order valence-electron chi connectivity index (χ4n) is 2.04. The first kappa shape index (κ1) is 15.8. The number of aliphatic carboxylic acids is 1. The Morgan fingerprint density at radius 3 is 2.47 bits per heavy atom.